The molecule has 0 aliphatic carbocycles. The molecule has 0 unspecified atom stereocenters. The lowest BCUT2D eigenvalue weighted by Crippen LogP contribution is -2.08. The average molecular weight is 269 g/mol. The van der Waals surface area contributed by atoms with Crippen molar-refractivity contribution in [2.75, 3.05) is 11.9 Å². The second-order valence-electron chi connectivity index (χ2n) is 4.57. The predicted octanol–water partition coefficient (Wildman–Crippen LogP) is 4.04. The Morgan fingerprint density at radius 2 is 1.75 bits per heavy atom. The number of hydrogen-bond acceptors (Lipinski definition) is 3. The number of esters is 1. The molecule has 20 heavy (non-hydrogen) atoms. The van der Waals surface area contributed by atoms with E-state index in [2.05, 4.69) is 12.2 Å². The van der Waals surface area contributed by atoms with Crippen molar-refractivity contribution < 1.29 is 9.53 Å². The summed E-state index contributed by atoms with van der Waals surface area (Å²) in [6.07, 6.45) is 0. The molecule has 2 aromatic carbocycles. The van der Waals surface area contributed by atoms with Gasteiger partial charge in [0.05, 0.1) is 12.2 Å². The summed E-state index contributed by atoms with van der Waals surface area (Å²) in [7, 11) is 0. The van der Waals surface area contributed by atoms with Gasteiger partial charge in [-0.3, -0.25) is 0 Å². The molecule has 0 bridgehead atoms. The van der Waals surface area contributed by atoms with Crippen LogP contribution in [-0.4, -0.2) is 12.6 Å². The lowest BCUT2D eigenvalue weighted by molar-refractivity contribution is 0.0526. The Kier molecular flexibility index (Phi) is 4.77. The third-order valence-electron chi connectivity index (χ3n) is 3.08. The van der Waals surface area contributed by atoms with Crippen molar-refractivity contribution in [2.45, 2.75) is 19.9 Å². The first-order valence-electron chi connectivity index (χ1n) is 6.79. The molecule has 0 radical (unpaired) electrons. The second-order valence-corrected chi connectivity index (χ2v) is 4.57. The Morgan fingerprint density at radius 1 is 1.10 bits per heavy atom. The topological polar surface area (TPSA) is 38.3 Å². The van der Waals surface area contributed by atoms with E-state index in [1.54, 1.807) is 19.1 Å². The van der Waals surface area contributed by atoms with Crippen molar-refractivity contribution in [2.24, 2.45) is 0 Å². The Bertz CT molecular complexity index is 549. The third-order valence-corrected chi connectivity index (χ3v) is 3.08. The molecule has 2 aromatic rings. The van der Waals surface area contributed by atoms with E-state index >= 15 is 0 Å². The minimum Gasteiger partial charge on any atom is -0.462 e. The number of carbonyl (C=O) groups is 1. The van der Waals surface area contributed by atoms with Gasteiger partial charge in [-0.15, -0.1) is 0 Å². The van der Waals surface area contributed by atoms with Crippen LogP contribution in [0.4, 0.5) is 5.69 Å². The lowest BCUT2D eigenvalue weighted by atomic mass is 10.1. The highest BCUT2D eigenvalue weighted by Gasteiger charge is 2.09. The zero-order chi connectivity index (χ0) is 14.4. The van der Waals surface area contributed by atoms with Gasteiger partial charge >= 0.3 is 5.97 Å². The van der Waals surface area contributed by atoms with Crippen LogP contribution in [0.25, 0.3) is 0 Å². The minimum absolute atomic E-state index is 0.175. The maximum atomic E-state index is 11.6. The molecule has 3 heteroatoms. The highest BCUT2D eigenvalue weighted by Crippen LogP contribution is 2.19. The van der Waals surface area contributed by atoms with Gasteiger partial charge in [-0.2, -0.15) is 0 Å². The van der Waals surface area contributed by atoms with Gasteiger partial charge in [-0.05, 0) is 43.7 Å². The monoisotopic (exact) mass is 269 g/mol. The summed E-state index contributed by atoms with van der Waals surface area (Å²) in [6, 6.07) is 17.7. The maximum Gasteiger partial charge on any atom is 0.338 e. The number of hydrogen-bond donors (Lipinski definition) is 1. The van der Waals surface area contributed by atoms with Gasteiger partial charge in [0.25, 0.3) is 0 Å². The number of benzene rings is 2. The molecule has 1 N–H and O–H groups in total. The molecule has 1 atom stereocenters. The molecule has 3 nitrogen and oxygen atoms in total. The Balaban J connectivity index is 2.04. The van der Waals surface area contributed by atoms with Gasteiger partial charge in [0.15, 0.2) is 0 Å². The fourth-order valence-corrected chi connectivity index (χ4v) is 1.99. The van der Waals surface area contributed by atoms with Crippen LogP contribution in [0, 0.1) is 0 Å². The van der Waals surface area contributed by atoms with Crippen molar-refractivity contribution in [1.29, 1.82) is 0 Å². The molecule has 0 fully saturated rings. The average Bonchev–Trinajstić information content (AvgIpc) is 2.48. The number of nitrogens with one attached hydrogen (secondary N) is 1. The van der Waals surface area contributed by atoms with Crippen LogP contribution in [0.5, 0.6) is 0 Å². The highest BCUT2D eigenvalue weighted by molar-refractivity contribution is 5.89. The summed E-state index contributed by atoms with van der Waals surface area (Å²) in [5.41, 5.74) is 2.79. The van der Waals surface area contributed by atoms with Crippen molar-refractivity contribution in [1.82, 2.24) is 0 Å². The zero-order valence-corrected chi connectivity index (χ0v) is 11.8. The lowest BCUT2D eigenvalue weighted by Gasteiger charge is -2.16. The van der Waals surface area contributed by atoms with E-state index in [1.807, 2.05) is 42.5 Å². The molecule has 0 heterocycles. The summed E-state index contributed by atoms with van der Waals surface area (Å²) >= 11 is 0. The van der Waals surface area contributed by atoms with E-state index in [0.717, 1.165) is 11.3 Å². The summed E-state index contributed by atoms with van der Waals surface area (Å²) in [4.78, 5) is 11.6. The normalized spacial score (nSPS) is 11.7. The van der Waals surface area contributed by atoms with Gasteiger partial charge in [-0.1, -0.05) is 30.3 Å². The number of ether oxygens (including phenoxy) is 1. The number of para-hydroxylation sites is 1. The zero-order valence-electron chi connectivity index (χ0n) is 11.8. The Hall–Kier alpha value is -2.29. The van der Waals surface area contributed by atoms with E-state index in [4.69, 9.17) is 4.74 Å². The van der Waals surface area contributed by atoms with Crippen LogP contribution >= 0.6 is 0 Å². The smallest absolute Gasteiger partial charge is 0.338 e. The van der Waals surface area contributed by atoms with Crippen molar-refractivity contribution in [3.05, 3.63) is 65.7 Å². The van der Waals surface area contributed by atoms with Crippen LogP contribution < -0.4 is 5.32 Å². The van der Waals surface area contributed by atoms with Crippen LogP contribution in [-0.2, 0) is 4.74 Å². The molecule has 0 saturated heterocycles. The Labute approximate surface area is 119 Å². The molecule has 0 amide bonds. The molecule has 0 aromatic heterocycles. The van der Waals surface area contributed by atoms with Crippen molar-refractivity contribution >= 4 is 11.7 Å². The van der Waals surface area contributed by atoms with Gasteiger partial charge in [0.1, 0.15) is 0 Å². The van der Waals surface area contributed by atoms with Crippen LogP contribution in [0.2, 0.25) is 0 Å². The maximum absolute atomic E-state index is 11.6. The van der Waals surface area contributed by atoms with Gasteiger partial charge in [0, 0.05) is 11.7 Å². The quantitative estimate of drug-likeness (QED) is 0.833. The molecule has 0 spiro atoms. The fourth-order valence-electron chi connectivity index (χ4n) is 1.99. The van der Waals surface area contributed by atoms with E-state index in [-0.39, 0.29) is 12.0 Å². The third kappa shape index (κ3) is 3.60. The molecule has 0 saturated carbocycles. The number of carbonyl (C=O) groups excluding carboxylic acids is 1. The summed E-state index contributed by atoms with van der Waals surface area (Å²) in [5, 5.41) is 3.42. The van der Waals surface area contributed by atoms with E-state index in [0.29, 0.717) is 12.2 Å². The standard InChI is InChI=1S/C17H19NO2/c1-3-20-17(19)15-11-9-14(10-12-15)13(2)18-16-7-5-4-6-8-16/h4-13,18H,3H2,1-2H3/t13-/m0/s1. The first-order chi connectivity index (χ1) is 9.70. The van der Waals surface area contributed by atoms with Crippen LogP contribution in [0.15, 0.2) is 54.6 Å². The molecule has 0 aliphatic heterocycles. The van der Waals surface area contributed by atoms with Crippen molar-refractivity contribution in [3.63, 3.8) is 0 Å². The number of rotatable bonds is 5. The largest absolute Gasteiger partial charge is 0.462 e. The highest BCUT2D eigenvalue weighted by atomic mass is 16.5. The van der Waals surface area contributed by atoms with Crippen LogP contribution in [0.1, 0.15) is 35.8 Å². The summed E-state index contributed by atoms with van der Waals surface area (Å²) < 4.78 is 4.97. The van der Waals surface area contributed by atoms with Gasteiger partial charge in [-0.25, -0.2) is 4.79 Å². The molecular formula is C17H19NO2. The molecular weight excluding hydrogens is 250 g/mol. The van der Waals surface area contributed by atoms with E-state index in [1.165, 1.54) is 0 Å². The SMILES string of the molecule is CCOC(=O)c1ccc([C@H](C)Nc2ccccc2)cc1. The minimum atomic E-state index is -0.275. The molecule has 0 aliphatic rings. The first kappa shape index (κ1) is 14.1. The first-order valence-corrected chi connectivity index (χ1v) is 6.79. The van der Waals surface area contributed by atoms with Gasteiger partial charge in [0.2, 0.25) is 0 Å². The van der Waals surface area contributed by atoms with Gasteiger partial charge < -0.3 is 10.1 Å². The molecule has 104 valence electrons. The van der Waals surface area contributed by atoms with E-state index < -0.39 is 0 Å². The Morgan fingerprint density at radius 3 is 2.35 bits per heavy atom. The van der Waals surface area contributed by atoms with Crippen molar-refractivity contribution in [3.8, 4) is 0 Å². The fraction of sp³-hybridized carbons (Fsp3) is 0.235. The predicted molar refractivity (Wildman–Crippen MR) is 80.9 cm³/mol. The number of anilines is 1. The van der Waals surface area contributed by atoms with E-state index in [9.17, 15) is 4.79 Å². The second kappa shape index (κ2) is 6.75. The summed E-state index contributed by atoms with van der Waals surface area (Å²) in [6.45, 7) is 4.29. The summed E-state index contributed by atoms with van der Waals surface area (Å²) in [5.74, 6) is -0.275. The molecule has 2 rings (SSSR count). The van der Waals surface area contributed by atoms with Crippen LogP contribution in [0.3, 0.4) is 0 Å².